The zero-order valence-corrected chi connectivity index (χ0v) is 11.3. The van der Waals surface area contributed by atoms with Gasteiger partial charge in [-0.15, -0.1) is 5.10 Å². The van der Waals surface area contributed by atoms with Crippen molar-refractivity contribution in [2.24, 2.45) is 0 Å². The summed E-state index contributed by atoms with van der Waals surface area (Å²) in [7, 11) is 0. The van der Waals surface area contributed by atoms with Crippen molar-refractivity contribution in [2.75, 3.05) is 11.5 Å². The molecule has 19 heavy (non-hydrogen) atoms. The van der Waals surface area contributed by atoms with Crippen LogP contribution in [0.3, 0.4) is 0 Å². The predicted octanol–water partition coefficient (Wildman–Crippen LogP) is 1.36. The van der Waals surface area contributed by atoms with Crippen LogP contribution in [0.4, 0.5) is 5.95 Å². The van der Waals surface area contributed by atoms with E-state index in [0.29, 0.717) is 5.16 Å². The maximum absolute atomic E-state index is 11.8. The second-order valence-electron chi connectivity index (χ2n) is 3.99. The molecule has 1 atom stereocenters. The van der Waals surface area contributed by atoms with E-state index >= 15 is 0 Å². The van der Waals surface area contributed by atoms with Crippen LogP contribution in [0.15, 0.2) is 35.5 Å². The number of nitrogens with one attached hydrogen (secondary N) is 2. The van der Waals surface area contributed by atoms with Crippen molar-refractivity contribution in [2.45, 2.75) is 18.1 Å². The number of thioether (sulfide) groups is 1. The van der Waals surface area contributed by atoms with E-state index in [0.717, 1.165) is 5.56 Å². The number of anilines is 1. The van der Waals surface area contributed by atoms with Gasteiger partial charge in [-0.25, -0.2) is 5.10 Å². The number of H-pyrrole nitrogens is 1. The summed E-state index contributed by atoms with van der Waals surface area (Å²) in [6.07, 6.45) is 0. The second kappa shape index (κ2) is 6.24. The summed E-state index contributed by atoms with van der Waals surface area (Å²) in [6.45, 7) is 1.95. The number of benzene rings is 1. The molecule has 0 unspecified atom stereocenters. The highest BCUT2D eigenvalue weighted by molar-refractivity contribution is 7.99. The fourth-order valence-electron chi connectivity index (χ4n) is 1.56. The van der Waals surface area contributed by atoms with Crippen LogP contribution >= 0.6 is 11.8 Å². The zero-order valence-electron chi connectivity index (χ0n) is 10.5. The molecule has 1 heterocycles. The first kappa shape index (κ1) is 13.4. The van der Waals surface area contributed by atoms with E-state index in [9.17, 15) is 4.79 Å². The summed E-state index contributed by atoms with van der Waals surface area (Å²) in [5.74, 6) is 0.444. The molecule has 0 bridgehead atoms. The fraction of sp³-hybridized carbons (Fsp3) is 0.250. The van der Waals surface area contributed by atoms with Crippen molar-refractivity contribution in [3.05, 3.63) is 35.9 Å². The topological polar surface area (TPSA) is 96.7 Å². The molecule has 1 amide bonds. The molecule has 0 aliphatic carbocycles. The maximum Gasteiger partial charge on any atom is 0.230 e. The Kier molecular flexibility index (Phi) is 4.40. The molecule has 0 aliphatic rings. The number of hydrogen-bond donors (Lipinski definition) is 3. The Balaban J connectivity index is 1.81. The van der Waals surface area contributed by atoms with Crippen LogP contribution in [-0.4, -0.2) is 26.8 Å². The third kappa shape index (κ3) is 3.99. The van der Waals surface area contributed by atoms with Crippen molar-refractivity contribution in [3.8, 4) is 0 Å². The Bertz CT molecular complexity index is 542. The minimum absolute atomic E-state index is 0.0217. The minimum Gasteiger partial charge on any atom is -0.368 e. The lowest BCUT2D eigenvalue weighted by atomic mass is 10.1. The molecular weight excluding hydrogens is 262 g/mol. The summed E-state index contributed by atoms with van der Waals surface area (Å²) in [5.41, 5.74) is 6.47. The number of aromatic amines is 1. The first-order chi connectivity index (χ1) is 9.15. The lowest BCUT2D eigenvalue weighted by molar-refractivity contribution is -0.119. The number of nitrogens with two attached hydrogens (primary N) is 1. The molecule has 1 aromatic carbocycles. The van der Waals surface area contributed by atoms with Gasteiger partial charge in [-0.05, 0) is 12.5 Å². The maximum atomic E-state index is 11.8. The van der Waals surface area contributed by atoms with Gasteiger partial charge in [0.15, 0.2) is 0 Å². The van der Waals surface area contributed by atoms with Gasteiger partial charge >= 0.3 is 0 Å². The summed E-state index contributed by atoms with van der Waals surface area (Å²) in [4.78, 5) is 15.7. The highest BCUT2D eigenvalue weighted by Crippen LogP contribution is 2.14. The zero-order chi connectivity index (χ0) is 13.7. The first-order valence-electron chi connectivity index (χ1n) is 5.80. The molecule has 0 saturated heterocycles. The molecule has 7 heteroatoms. The van der Waals surface area contributed by atoms with Gasteiger partial charge < -0.3 is 11.1 Å². The Labute approximate surface area is 115 Å². The number of carbonyl (C=O) groups excluding carboxylic acids is 1. The van der Waals surface area contributed by atoms with Crippen LogP contribution in [0.2, 0.25) is 0 Å². The molecule has 1 aromatic heterocycles. The molecule has 0 spiro atoms. The number of aromatic nitrogens is 3. The van der Waals surface area contributed by atoms with Crippen LogP contribution in [0.5, 0.6) is 0 Å². The molecule has 100 valence electrons. The largest absolute Gasteiger partial charge is 0.368 e. The van der Waals surface area contributed by atoms with Crippen LogP contribution in [0.25, 0.3) is 0 Å². The Hall–Kier alpha value is -2.02. The van der Waals surface area contributed by atoms with Crippen molar-refractivity contribution in [1.82, 2.24) is 20.5 Å². The SMILES string of the molecule is C[C@@H](NC(=O)CSc1n[nH]c(N)n1)c1ccccc1. The number of rotatable bonds is 5. The predicted molar refractivity (Wildman–Crippen MR) is 74.5 cm³/mol. The van der Waals surface area contributed by atoms with Gasteiger partial charge in [-0.2, -0.15) is 4.98 Å². The molecule has 0 saturated carbocycles. The normalized spacial score (nSPS) is 12.1. The number of carbonyl (C=O) groups is 1. The highest BCUT2D eigenvalue weighted by Gasteiger charge is 2.10. The van der Waals surface area contributed by atoms with E-state index in [2.05, 4.69) is 20.5 Å². The van der Waals surface area contributed by atoms with E-state index in [1.54, 1.807) is 0 Å². The highest BCUT2D eigenvalue weighted by atomic mass is 32.2. The third-order valence-electron chi connectivity index (χ3n) is 2.49. The number of amides is 1. The third-order valence-corrected chi connectivity index (χ3v) is 3.34. The molecular formula is C12H15N5OS. The molecule has 4 N–H and O–H groups in total. The lowest BCUT2D eigenvalue weighted by Crippen LogP contribution is -2.28. The van der Waals surface area contributed by atoms with E-state index in [1.165, 1.54) is 11.8 Å². The summed E-state index contributed by atoms with van der Waals surface area (Å²) in [6, 6.07) is 9.78. The van der Waals surface area contributed by atoms with E-state index in [1.807, 2.05) is 37.3 Å². The van der Waals surface area contributed by atoms with Crippen LogP contribution in [-0.2, 0) is 4.79 Å². The van der Waals surface area contributed by atoms with Gasteiger partial charge in [0.2, 0.25) is 17.0 Å². The van der Waals surface area contributed by atoms with Gasteiger partial charge in [0, 0.05) is 0 Å². The summed E-state index contributed by atoms with van der Waals surface area (Å²) >= 11 is 1.24. The van der Waals surface area contributed by atoms with E-state index < -0.39 is 0 Å². The van der Waals surface area contributed by atoms with Crippen molar-refractivity contribution in [1.29, 1.82) is 0 Å². The summed E-state index contributed by atoms with van der Waals surface area (Å²) in [5, 5.41) is 9.76. The Morgan fingerprint density at radius 1 is 1.47 bits per heavy atom. The molecule has 0 fully saturated rings. The first-order valence-corrected chi connectivity index (χ1v) is 6.78. The Morgan fingerprint density at radius 3 is 2.84 bits per heavy atom. The van der Waals surface area contributed by atoms with Crippen LogP contribution < -0.4 is 11.1 Å². The minimum atomic E-state index is -0.0651. The van der Waals surface area contributed by atoms with Crippen molar-refractivity contribution >= 4 is 23.6 Å². The van der Waals surface area contributed by atoms with Crippen LogP contribution in [0.1, 0.15) is 18.5 Å². The number of nitrogen functional groups attached to an aromatic ring is 1. The summed E-state index contributed by atoms with van der Waals surface area (Å²) < 4.78 is 0. The van der Waals surface area contributed by atoms with Gasteiger partial charge in [0.25, 0.3) is 0 Å². The van der Waals surface area contributed by atoms with Crippen molar-refractivity contribution in [3.63, 3.8) is 0 Å². The van der Waals surface area contributed by atoms with Gasteiger partial charge in [0.05, 0.1) is 11.8 Å². The second-order valence-corrected chi connectivity index (χ2v) is 4.93. The molecule has 6 nitrogen and oxygen atoms in total. The fourth-order valence-corrected chi connectivity index (χ4v) is 2.18. The number of nitrogens with zero attached hydrogens (tertiary/aromatic N) is 2. The molecule has 0 radical (unpaired) electrons. The van der Waals surface area contributed by atoms with Gasteiger partial charge in [-0.1, -0.05) is 42.1 Å². The number of hydrogen-bond acceptors (Lipinski definition) is 5. The van der Waals surface area contributed by atoms with E-state index in [-0.39, 0.29) is 23.7 Å². The van der Waals surface area contributed by atoms with E-state index in [4.69, 9.17) is 5.73 Å². The van der Waals surface area contributed by atoms with Gasteiger partial charge in [0.1, 0.15) is 0 Å². The smallest absolute Gasteiger partial charge is 0.230 e. The van der Waals surface area contributed by atoms with Crippen LogP contribution in [0, 0.1) is 0 Å². The Morgan fingerprint density at radius 2 is 2.21 bits per heavy atom. The van der Waals surface area contributed by atoms with Crippen molar-refractivity contribution < 1.29 is 4.79 Å². The standard InChI is InChI=1S/C12H15N5OS/c1-8(9-5-3-2-4-6-9)14-10(18)7-19-12-15-11(13)16-17-12/h2-6,8H,7H2,1H3,(H,14,18)(H3,13,15,16,17)/t8-/m1/s1. The molecule has 2 aromatic rings. The average Bonchev–Trinajstić information content (AvgIpc) is 2.83. The lowest BCUT2D eigenvalue weighted by Gasteiger charge is -2.13. The quantitative estimate of drug-likeness (QED) is 0.717. The van der Waals surface area contributed by atoms with Gasteiger partial charge in [-0.3, -0.25) is 4.79 Å². The molecule has 0 aliphatic heterocycles. The monoisotopic (exact) mass is 277 g/mol. The average molecular weight is 277 g/mol. The molecule has 2 rings (SSSR count).